The maximum Gasteiger partial charge on any atom is 0.338 e. The SMILES string of the molecule is CCOC(=O)c1ccc(CC(C)CC#N)cc1. The van der Waals surface area contributed by atoms with E-state index in [2.05, 4.69) is 6.07 Å². The summed E-state index contributed by atoms with van der Waals surface area (Å²) in [6.07, 6.45) is 1.41. The normalized spacial score (nSPS) is 11.6. The Hall–Kier alpha value is -1.82. The van der Waals surface area contributed by atoms with Crippen LogP contribution in [-0.4, -0.2) is 12.6 Å². The van der Waals surface area contributed by atoms with E-state index in [9.17, 15) is 4.79 Å². The molecule has 90 valence electrons. The van der Waals surface area contributed by atoms with Crippen molar-refractivity contribution in [1.82, 2.24) is 0 Å². The average molecular weight is 231 g/mol. The molecule has 0 radical (unpaired) electrons. The molecule has 17 heavy (non-hydrogen) atoms. The Balaban J connectivity index is 2.62. The van der Waals surface area contributed by atoms with Gasteiger partial charge in [-0.25, -0.2) is 4.79 Å². The number of nitrogens with zero attached hydrogens (tertiary/aromatic N) is 1. The third kappa shape index (κ3) is 4.28. The highest BCUT2D eigenvalue weighted by Gasteiger charge is 2.07. The highest BCUT2D eigenvalue weighted by molar-refractivity contribution is 5.89. The van der Waals surface area contributed by atoms with Crippen molar-refractivity contribution < 1.29 is 9.53 Å². The number of benzene rings is 1. The molecule has 1 unspecified atom stereocenters. The Labute approximate surface area is 102 Å². The molecule has 1 aromatic carbocycles. The molecule has 0 N–H and O–H groups in total. The Morgan fingerprint density at radius 1 is 1.41 bits per heavy atom. The molecular formula is C14H17NO2. The first kappa shape index (κ1) is 13.2. The van der Waals surface area contributed by atoms with E-state index in [1.165, 1.54) is 0 Å². The molecule has 0 saturated carbocycles. The van der Waals surface area contributed by atoms with Gasteiger partial charge in [-0.05, 0) is 37.0 Å². The molecule has 0 fully saturated rings. The number of carbonyl (C=O) groups is 1. The van der Waals surface area contributed by atoms with Gasteiger partial charge in [0, 0.05) is 6.42 Å². The molecule has 0 amide bonds. The minimum atomic E-state index is -0.288. The Morgan fingerprint density at radius 3 is 2.59 bits per heavy atom. The molecule has 1 atom stereocenters. The van der Waals surface area contributed by atoms with Crippen molar-refractivity contribution in [1.29, 1.82) is 5.26 Å². The number of carbonyl (C=O) groups excluding carboxylic acids is 1. The van der Waals surface area contributed by atoms with Crippen LogP contribution in [-0.2, 0) is 11.2 Å². The quantitative estimate of drug-likeness (QED) is 0.732. The lowest BCUT2D eigenvalue weighted by Gasteiger charge is -2.07. The number of esters is 1. The summed E-state index contributed by atoms with van der Waals surface area (Å²) in [5.41, 5.74) is 1.71. The topological polar surface area (TPSA) is 50.1 Å². The lowest BCUT2D eigenvalue weighted by molar-refractivity contribution is 0.0526. The summed E-state index contributed by atoms with van der Waals surface area (Å²) in [5, 5.41) is 8.58. The van der Waals surface area contributed by atoms with E-state index in [1.54, 1.807) is 19.1 Å². The molecule has 0 saturated heterocycles. The molecule has 0 bridgehead atoms. The number of rotatable bonds is 5. The van der Waals surface area contributed by atoms with Crippen molar-refractivity contribution in [2.75, 3.05) is 6.61 Å². The van der Waals surface area contributed by atoms with Crippen molar-refractivity contribution in [2.45, 2.75) is 26.7 Å². The summed E-state index contributed by atoms with van der Waals surface area (Å²) < 4.78 is 4.91. The largest absolute Gasteiger partial charge is 0.462 e. The first-order chi connectivity index (χ1) is 8.17. The van der Waals surface area contributed by atoms with Crippen LogP contribution in [0.5, 0.6) is 0 Å². The van der Waals surface area contributed by atoms with Crippen LogP contribution in [0.15, 0.2) is 24.3 Å². The van der Waals surface area contributed by atoms with E-state index in [0.717, 1.165) is 12.0 Å². The fourth-order valence-electron chi connectivity index (χ4n) is 1.62. The lowest BCUT2D eigenvalue weighted by Crippen LogP contribution is -2.05. The summed E-state index contributed by atoms with van der Waals surface area (Å²) in [7, 11) is 0. The fraction of sp³-hybridized carbons (Fsp3) is 0.429. The van der Waals surface area contributed by atoms with Gasteiger partial charge in [-0.15, -0.1) is 0 Å². The molecule has 0 spiro atoms. The zero-order valence-corrected chi connectivity index (χ0v) is 10.3. The summed E-state index contributed by atoms with van der Waals surface area (Å²) in [6.45, 7) is 4.22. The smallest absolute Gasteiger partial charge is 0.338 e. The Bertz CT molecular complexity index is 403. The van der Waals surface area contributed by atoms with Crippen LogP contribution in [0.3, 0.4) is 0 Å². The maximum absolute atomic E-state index is 11.4. The van der Waals surface area contributed by atoms with E-state index in [0.29, 0.717) is 24.5 Å². The molecule has 0 aliphatic rings. The maximum atomic E-state index is 11.4. The van der Waals surface area contributed by atoms with Gasteiger partial charge in [0.25, 0.3) is 0 Å². The van der Waals surface area contributed by atoms with Gasteiger partial charge in [-0.2, -0.15) is 5.26 Å². The summed E-state index contributed by atoms with van der Waals surface area (Å²) >= 11 is 0. The zero-order valence-electron chi connectivity index (χ0n) is 10.3. The predicted octanol–water partition coefficient (Wildman–Crippen LogP) is 2.96. The van der Waals surface area contributed by atoms with E-state index >= 15 is 0 Å². The predicted molar refractivity (Wildman–Crippen MR) is 65.5 cm³/mol. The third-order valence-electron chi connectivity index (χ3n) is 2.49. The molecule has 3 heteroatoms. The first-order valence-electron chi connectivity index (χ1n) is 5.80. The van der Waals surface area contributed by atoms with Crippen LogP contribution >= 0.6 is 0 Å². The van der Waals surface area contributed by atoms with Gasteiger partial charge in [-0.1, -0.05) is 19.1 Å². The van der Waals surface area contributed by atoms with Crippen molar-refractivity contribution >= 4 is 5.97 Å². The van der Waals surface area contributed by atoms with E-state index in [4.69, 9.17) is 10.00 Å². The van der Waals surface area contributed by atoms with Crippen molar-refractivity contribution in [2.24, 2.45) is 5.92 Å². The summed E-state index contributed by atoms with van der Waals surface area (Å²) in [4.78, 5) is 11.4. The molecule has 0 aliphatic carbocycles. The number of nitriles is 1. The highest BCUT2D eigenvalue weighted by Crippen LogP contribution is 2.13. The summed E-state index contributed by atoms with van der Waals surface area (Å²) in [5.74, 6) is 0.0533. The molecule has 0 heterocycles. The van der Waals surface area contributed by atoms with Gasteiger partial charge in [0.05, 0.1) is 18.2 Å². The third-order valence-corrected chi connectivity index (χ3v) is 2.49. The Kier molecular flexibility index (Phi) is 5.22. The van der Waals surface area contributed by atoms with Crippen molar-refractivity contribution in [3.63, 3.8) is 0 Å². The highest BCUT2D eigenvalue weighted by atomic mass is 16.5. The van der Waals surface area contributed by atoms with Gasteiger partial charge in [0.2, 0.25) is 0 Å². The van der Waals surface area contributed by atoms with E-state index in [-0.39, 0.29) is 5.97 Å². The van der Waals surface area contributed by atoms with E-state index < -0.39 is 0 Å². The van der Waals surface area contributed by atoms with Crippen molar-refractivity contribution in [3.8, 4) is 6.07 Å². The number of hydrogen-bond donors (Lipinski definition) is 0. The molecule has 1 rings (SSSR count). The summed E-state index contributed by atoms with van der Waals surface area (Å²) in [6, 6.07) is 9.53. The molecular weight excluding hydrogens is 214 g/mol. The second-order valence-electron chi connectivity index (χ2n) is 4.09. The molecule has 0 aliphatic heterocycles. The first-order valence-corrected chi connectivity index (χ1v) is 5.80. The molecule has 1 aromatic rings. The minimum Gasteiger partial charge on any atom is -0.462 e. The average Bonchev–Trinajstić information content (AvgIpc) is 2.30. The second-order valence-corrected chi connectivity index (χ2v) is 4.09. The zero-order chi connectivity index (χ0) is 12.7. The fourth-order valence-corrected chi connectivity index (χ4v) is 1.62. The van der Waals surface area contributed by atoms with Gasteiger partial charge in [0.1, 0.15) is 0 Å². The van der Waals surface area contributed by atoms with Crippen LogP contribution in [0.4, 0.5) is 0 Å². The van der Waals surface area contributed by atoms with Crippen LogP contribution in [0.2, 0.25) is 0 Å². The van der Waals surface area contributed by atoms with E-state index in [1.807, 2.05) is 19.1 Å². The van der Waals surface area contributed by atoms with Crippen LogP contribution < -0.4 is 0 Å². The van der Waals surface area contributed by atoms with Crippen molar-refractivity contribution in [3.05, 3.63) is 35.4 Å². The monoisotopic (exact) mass is 231 g/mol. The standard InChI is InChI=1S/C14H17NO2/c1-3-17-14(16)13-6-4-12(5-7-13)10-11(2)8-9-15/h4-7,11H,3,8,10H2,1-2H3. The van der Waals surface area contributed by atoms with Gasteiger partial charge < -0.3 is 4.74 Å². The van der Waals surface area contributed by atoms with Crippen LogP contribution in [0.1, 0.15) is 36.2 Å². The number of ether oxygens (including phenoxy) is 1. The Morgan fingerprint density at radius 2 is 2.06 bits per heavy atom. The van der Waals surface area contributed by atoms with Gasteiger partial charge >= 0.3 is 5.97 Å². The van der Waals surface area contributed by atoms with Crippen LogP contribution in [0.25, 0.3) is 0 Å². The minimum absolute atomic E-state index is 0.288. The number of hydrogen-bond acceptors (Lipinski definition) is 3. The second kappa shape index (κ2) is 6.70. The van der Waals surface area contributed by atoms with Gasteiger partial charge in [-0.3, -0.25) is 0 Å². The van der Waals surface area contributed by atoms with Gasteiger partial charge in [0.15, 0.2) is 0 Å². The molecule has 0 aromatic heterocycles. The lowest BCUT2D eigenvalue weighted by atomic mass is 9.98. The molecule has 3 nitrogen and oxygen atoms in total. The van der Waals surface area contributed by atoms with Crippen LogP contribution in [0, 0.1) is 17.2 Å².